The van der Waals surface area contributed by atoms with Crippen LogP contribution < -0.4 is 10.1 Å². The van der Waals surface area contributed by atoms with Crippen LogP contribution in [0.2, 0.25) is 5.02 Å². The molecule has 0 aliphatic rings. The van der Waals surface area contributed by atoms with Crippen LogP contribution in [0.1, 0.15) is 10.4 Å². The molecule has 0 fully saturated rings. The summed E-state index contributed by atoms with van der Waals surface area (Å²) in [5.74, 6) is -1.19. The first-order valence-electron chi connectivity index (χ1n) is 5.64. The zero-order chi connectivity index (χ0) is 14.7. The molecule has 2 N–H and O–H groups in total. The first-order valence-corrected chi connectivity index (χ1v) is 6.02. The smallest absolute Gasteiger partial charge is 0.259 e. The topological polar surface area (TPSA) is 58.6 Å². The molecule has 20 heavy (non-hydrogen) atoms. The molecule has 2 aromatic carbocycles. The number of phenolic OH excluding ortho intramolecular Hbond substituents is 1. The normalized spacial score (nSPS) is 10.2. The molecular formula is C14H11ClFNO3. The highest BCUT2D eigenvalue weighted by molar-refractivity contribution is 6.31. The van der Waals surface area contributed by atoms with Gasteiger partial charge >= 0.3 is 0 Å². The Morgan fingerprint density at radius 1 is 1.30 bits per heavy atom. The quantitative estimate of drug-likeness (QED) is 0.853. The molecule has 0 bridgehead atoms. The number of ether oxygens (including phenoxy) is 1. The largest absolute Gasteiger partial charge is 0.508 e. The zero-order valence-corrected chi connectivity index (χ0v) is 11.2. The molecule has 1 amide bonds. The molecule has 0 aliphatic carbocycles. The number of carbonyl (C=O) groups excluding carboxylic acids is 1. The van der Waals surface area contributed by atoms with E-state index >= 15 is 0 Å². The van der Waals surface area contributed by atoms with Gasteiger partial charge in [-0.25, -0.2) is 4.39 Å². The van der Waals surface area contributed by atoms with Crippen LogP contribution in [0.5, 0.6) is 11.5 Å². The van der Waals surface area contributed by atoms with Gasteiger partial charge in [-0.15, -0.1) is 0 Å². The molecule has 0 saturated carbocycles. The molecule has 2 rings (SSSR count). The highest BCUT2D eigenvalue weighted by atomic mass is 35.5. The van der Waals surface area contributed by atoms with Gasteiger partial charge in [0.05, 0.1) is 18.4 Å². The fourth-order valence-electron chi connectivity index (χ4n) is 1.65. The molecule has 104 valence electrons. The molecule has 0 saturated heterocycles. The number of hydrogen-bond donors (Lipinski definition) is 2. The molecule has 0 atom stereocenters. The Balaban J connectivity index is 2.30. The third-order valence-corrected chi connectivity index (χ3v) is 2.84. The minimum atomic E-state index is -0.737. The Kier molecular flexibility index (Phi) is 4.10. The monoisotopic (exact) mass is 295 g/mol. The molecule has 0 unspecified atom stereocenters. The van der Waals surface area contributed by atoms with Crippen LogP contribution in [0, 0.1) is 5.82 Å². The van der Waals surface area contributed by atoms with Gasteiger partial charge in [0.1, 0.15) is 17.3 Å². The third-order valence-electron chi connectivity index (χ3n) is 2.61. The molecule has 4 nitrogen and oxygen atoms in total. The first-order chi connectivity index (χ1) is 9.51. The van der Waals surface area contributed by atoms with Crippen LogP contribution in [0.25, 0.3) is 0 Å². The van der Waals surface area contributed by atoms with Gasteiger partial charge < -0.3 is 15.2 Å². The summed E-state index contributed by atoms with van der Waals surface area (Å²) >= 11 is 5.83. The van der Waals surface area contributed by atoms with Crippen molar-refractivity contribution in [3.05, 3.63) is 52.8 Å². The number of benzene rings is 2. The zero-order valence-electron chi connectivity index (χ0n) is 10.5. The van der Waals surface area contributed by atoms with Crippen molar-refractivity contribution in [2.45, 2.75) is 0 Å². The third kappa shape index (κ3) is 3.00. The van der Waals surface area contributed by atoms with E-state index in [0.717, 1.165) is 6.07 Å². The Hall–Kier alpha value is -2.27. The van der Waals surface area contributed by atoms with Gasteiger partial charge in [0.2, 0.25) is 0 Å². The molecule has 0 aromatic heterocycles. The van der Waals surface area contributed by atoms with Crippen molar-refractivity contribution in [3.63, 3.8) is 0 Å². The van der Waals surface area contributed by atoms with Crippen molar-refractivity contribution in [2.75, 3.05) is 12.4 Å². The summed E-state index contributed by atoms with van der Waals surface area (Å²) < 4.78 is 18.6. The summed E-state index contributed by atoms with van der Waals surface area (Å²) in [6, 6.07) is 8.00. The van der Waals surface area contributed by atoms with Crippen molar-refractivity contribution in [1.82, 2.24) is 0 Å². The second-order valence-corrected chi connectivity index (χ2v) is 4.40. The number of anilines is 1. The lowest BCUT2D eigenvalue weighted by Gasteiger charge is -2.10. The summed E-state index contributed by atoms with van der Waals surface area (Å²) in [6.07, 6.45) is 0. The van der Waals surface area contributed by atoms with E-state index < -0.39 is 11.7 Å². The summed E-state index contributed by atoms with van der Waals surface area (Å²) in [4.78, 5) is 12.1. The summed E-state index contributed by atoms with van der Waals surface area (Å²) in [5.41, 5.74) is 0.141. The standard InChI is InChI=1S/C14H11ClFNO3/c1-20-13-5-2-8(15)6-10(13)14(19)17-12-4-3-9(18)7-11(12)16/h2-7,18H,1H3,(H,17,19). The van der Waals surface area contributed by atoms with Crippen LogP contribution in [0.3, 0.4) is 0 Å². The van der Waals surface area contributed by atoms with E-state index in [9.17, 15) is 9.18 Å². The summed E-state index contributed by atoms with van der Waals surface area (Å²) in [7, 11) is 1.42. The van der Waals surface area contributed by atoms with Crippen molar-refractivity contribution >= 4 is 23.2 Å². The van der Waals surface area contributed by atoms with Gasteiger partial charge in [-0.2, -0.15) is 0 Å². The number of methoxy groups -OCH3 is 1. The minimum absolute atomic E-state index is 0.0465. The van der Waals surface area contributed by atoms with E-state index in [1.54, 1.807) is 12.1 Å². The van der Waals surface area contributed by atoms with Crippen LogP contribution >= 0.6 is 11.6 Å². The van der Waals surface area contributed by atoms with Gasteiger partial charge in [0.15, 0.2) is 0 Å². The molecule has 0 radical (unpaired) electrons. The Bertz CT molecular complexity index is 661. The second kappa shape index (κ2) is 5.79. The van der Waals surface area contributed by atoms with E-state index in [4.69, 9.17) is 21.4 Å². The van der Waals surface area contributed by atoms with E-state index in [-0.39, 0.29) is 17.0 Å². The Morgan fingerprint density at radius 2 is 2.05 bits per heavy atom. The lowest BCUT2D eigenvalue weighted by atomic mass is 10.1. The Morgan fingerprint density at radius 3 is 2.70 bits per heavy atom. The number of phenols is 1. The maximum atomic E-state index is 13.6. The number of rotatable bonds is 3. The predicted molar refractivity (Wildman–Crippen MR) is 74.0 cm³/mol. The van der Waals surface area contributed by atoms with Crippen molar-refractivity contribution < 1.29 is 19.0 Å². The van der Waals surface area contributed by atoms with Crippen molar-refractivity contribution in [3.8, 4) is 11.5 Å². The lowest BCUT2D eigenvalue weighted by Crippen LogP contribution is -2.14. The van der Waals surface area contributed by atoms with Crippen LogP contribution in [0.4, 0.5) is 10.1 Å². The molecule has 6 heteroatoms. The molecule has 2 aromatic rings. The number of amides is 1. The van der Waals surface area contributed by atoms with Crippen molar-refractivity contribution in [1.29, 1.82) is 0 Å². The van der Waals surface area contributed by atoms with Crippen LogP contribution in [-0.2, 0) is 0 Å². The molecule has 0 aliphatic heterocycles. The minimum Gasteiger partial charge on any atom is -0.508 e. The number of carbonyl (C=O) groups is 1. The predicted octanol–water partition coefficient (Wildman–Crippen LogP) is 3.45. The van der Waals surface area contributed by atoms with E-state index in [1.807, 2.05) is 0 Å². The van der Waals surface area contributed by atoms with E-state index in [2.05, 4.69) is 5.32 Å². The first kappa shape index (κ1) is 14.1. The fourth-order valence-corrected chi connectivity index (χ4v) is 1.82. The average Bonchev–Trinajstić information content (AvgIpc) is 2.41. The number of hydrogen-bond acceptors (Lipinski definition) is 3. The van der Waals surface area contributed by atoms with Crippen molar-refractivity contribution in [2.24, 2.45) is 0 Å². The lowest BCUT2D eigenvalue weighted by molar-refractivity contribution is 0.102. The maximum absolute atomic E-state index is 13.6. The van der Waals surface area contributed by atoms with E-state index in [0.29, 0.717) is 10.8 Å². The van der Waals surface area contributed by atoms with Gasteiger partial charge in [-0.05, 0) is 30.3 Å². The van der Waals surface area contributed by atoms with Crippen LogP contribution in [0.15, 0.2) is 36.4 Å². The van der Waals surface area contributed by atoms with Gasteiger partial charge in [-0.1, -0.05) is 11.6 Å². The second-order valence-electron chi connectivity index (χ2n) is 3.96. The molecular weight excluding hydrogens is 285 g/mol. The highest BCUT2D eigenvalue weighted by Crippen LogP contribution is 2.25. The SMILES string of the molecule is COc1ccc(Cl)cc1C(=O)Nc1ccc(O)cc1F. The van der Waals surface area contributed by atoms with Crippen LogP contribution in [-0.4, -0.2) is 18.1 Å². The fraction of sp³-hybridized carbons (Fsp3) is 0.0714. The highest BCUT2D eigenvalue weighted by Gasteiger charge is 2.15. The summed E-state index contributed by atoms with van der Waals surface area (Å²) in [6.45, 7) is 0. The molecule has 0 spiro atoms. The van der Waals surface area contributed by atoms with E-state index in [1.165, 1.54) is 25.3 Å². The van der Waals surface area contributed by atoms with Gasteiger partial charge in [0, 0.05) is 11.1 Å². The number of nitrogens with one attached hydrogen (secondary N) is 1. The summed E-state index contributed by atoms with van der Waals surface area (Å²) in [5, 5.41) is 11.9. The number of aromatic hydroxyl groups is 1. The molecule has 0 heterocycles. The Labute approximate surface area is 119 Å². The average molecular weight is 296 g/mol. The van der Waals surface area contributed by atoms with Gasteiger partial charge in [-0.3, -0.25) is 4.79 Å². The number of halogens is 2. The maximum Gasteiger partial charge on any atom is 0.259 e. The van der Waals surface area contributed by atoms with Gasteiger partial charge in [0.25, 0.3) is 5.91 Å².